The lowest BCUT2D eigenvalue weighted by molar-refractivity contribution is -0.145. The molecule has 2 aliphatic rings. The molecule has 10 nitrogen and oxygen atoms in total. The van der Waals surface area contributed by atoms with Crippen molar-refractivity contribution in [1.82, 2.24) is 14.4 Å². The lowest BCUT2D eigenvalue weighted by Gasteiger charge is -2.25. The van der Waals surface area contributed by atoms with Crippen LogP contribution in [-0.4, -0.2) is 78.7 Å². The van der Waals surface area contributed by atoms with Crippen molar-refractivity contribution in [2.45, 2.75) is 38.8 Å². The molecule has 1 aromatic heterocycles. The molecule has 0 radical (unpaired) electrons. The van der Waals surface area contributed by atoms with Crippen LogP contribution in [0.2, 0.25) is 0 Å². The minimum Gasteiger partial charge on any atom is -0.496 e. The number of aromatic nitrogens is 1. The van der Waals surface area contributed by atoms with Crippen molar-refractivity contribution in [2.24, 2.45) is 0 Å². The first-order valence-electron chi connectivity index (χ1n) is 12.0. The molecule has 1 aromatic carbocycles. The molecule has 3 heterocycles. The predicted octanol–water partition coefficient (Wildman–Crippen LogP) is 1.41. The second kappa shape index (κ2) is 10.8. The van der Waals surface area contributed by atoms with Gasteiger partial charge in [0.1, 0.15) is 23.1 Å². The number of esters is 1. The number of fused-ring (bicyclic) bond motifs is 1. The van der Waals surface area contributed by atoms with Crippen molar-refractivity contribution < 1.29 is 28.6 Å². The van der Waals surface area contributed by atoms with E-state index >= 15 is 0 Å². The van der Waals surface area contributed by atoms with Crippen LogP contribution in [0, 0.1) is 6.92 Å². The predicted molar refractivity (Wildman–Crippen MR) is 130 cm³/mol. The standard InChI is InChI=1S/C26H31N3O7/c1-17-6-8-18(9-7-17)36-16-23(31)27-12-10-19-24(21(34-2)15-22(30)28(19)14-13-27)25(32)29-11-4-5-20(29)26(33)35-3/h6-9,15,20H,4-5,10-14,16H2,1-3H3/t20-/m0/s1. The van der Waals surface area contributed by atoms with Gasteiger partial charge in [-0.2, -0.15) is 0 Å². The van der Waals surface area contributed by atoms with E-state index in [9.17, 15) is 19.2 Å². The molecular weight excluding hydrogens is 466 g/mol. The van der Waals surface area contributed by atoms with Gasteiger partial charge in [0.05, 0.1) is 14.2 Å². The molecule has 1 atom stereocenters. The Labute approximate surface area is 209 Å². The fourth-order valence-electron chi connectivity index (χ4n) is 4.80. The summed E-state index contributed by atoms with van der Waals surface area (Å²) in [7, 11) is 2.70. The summed E-state index contributed by atoms with van der Waals surface area (Å²) in [6.45, 7) is 3.09. The molecule has 4 rings (SSSR count). The van der Waals surface area contributed by atoms with Gasteiger partial charge in [-0.1, -0.05) is 17.7 Å². The molecule has 1 saturated heterocycles. The number of pyridine rings is 1. The zero-order chi connectivity index (χ0) is 25.8. The number of rotatable bonds is 6. The first-order chi connectivity index (χ1) is 17.3. The van der Waals surface area contributed by atoms with E-state index in [0.29, 0.717) is 43.9 Å². The highest BCUT2D eigenvalue weighted by Crippen LogP contribution is 2.28. The number of nitrogens with zero attached hydrogens (tertiary/aromatic N) is 3. The summed E-state index contributed by atoms with van der Waals surface area (Å²) >= 11 is 0. The van der Waals surface area contributed by atoms with E-state index in [0.717, 1.165) is 5.56 Å². The average molecular weight is 498 g/mol. The molecule has 2 amide bonds. The number of carbonyl (C=O) groups is 3. The van der Waals surface area contributed by atoms with E-state index in [1.54, 1.807) is 4.90 Å². The van der Waals surface area contributed by atoms with Gasteiger partial charge in [0.2, 0.25) is 0 Å². The molecular formula is C26H31N3O7. The number of hydrogen-bond donors (Lipinski definition) is 0. The number of aryl methyl sites for hydroxylation is 1. The van der Waals surface area contributed by atoms with Crippen molar-refractivity contribution in [1.29, 1.82) is 0 Å². The highest BCUT2D eigenvalue weighted by atomic mass is 16.5. The van der Waals surface area contributed by atoms with Gasteiger partial charge < -0.3 is 28.6 Å². The van der Waals surface area contributed by atoms with Crippen molar-refractivity contribution in [3.05, 3.63) is 57.5 Å². The number of hydrogen-bond acceptors (Lipinski definition) is 7. The van der Waals surface area contributed by atoms with Crippen LogP contribution in [0.3, 0.4) is 0 Å². The van der Waals surface area contributed by atoms with Crippen LogP contribution < -0.4 is 15.0 Å². The number of likely N-dealkylation sites (tertiary alicyclic amines) is 1. The van der Waals surface area contributed by atoms with E-state index < -0.39 is 12.0 Å². The first-order valence-corrected chi connectivity index (χ1v) is 12.0. The first kappa shape index (κ1) is 25.3. The minimum absolute atomic E-state index is 0.127. The summed E-state index contributed by atoms with van der Waals surface area (Å²) < 4.78 is 17.5. The normalized spacial score (nSPS) is 17.2. The summed E-state index contributed by atoms with van der Waals surface area (Å²) in [6, 6.07) is 8.05. The quantitative estimate of drug-likeness (QED) is 0.556. The van der Waals surface area contributed by atoms with Crippen LogP contribution in [-0.2, 0) is 27.3 Å². The van der Waals surface area contributed by atoms with Crippen molar-refractivity contribution >= 4 is 17.8 Å². The van der Waals surface area contributed by atoms with Crippen LogP contribution in [0.1, 0.15) is 34.5 Å². The van der Waals surface area contributed by atoms with Crippen LogP contribution in [0.5, 0.6) is 11.5 Å². The molecule has 192 valence electrons. The molecule has 0 aliphatic carbocycles. The molecule has 0 unspecified atom stereocenters. The third-order valence-corrected chi connectivity index (χ3v) is 6.75. The Morgan fingerprint density at radius 1 is 1.03 bits per heavy atom. The Hall–Kier alpha value is -3.82. The lowest BCUT2D eigenvalue weighted by Crippen LogP contribution is -2.42. The molecule has 0 N–H and O–H groups in total. The summed E-state index contributed by atoms with van der Waals surface area (Å²) in [5.41, 5.74) is 1.53. The van der Waals surface area contributed by atoms with E-state index in [2.05, 4.69) is 0 Å². The molecule has 0 spiro atoms. The molecule has 2 aliphatic heterocycles. The summed E-state index contributed by atoms with van der Waals surface area (Å²) in [4.78, 5) is 54.8. The Morgan fingerprint density at radius 2 is 1.78 bits per heavy atom. The SMILES string of the molecule is COC(=O)[C@@H]1CCCN1C(=O)c1c(OC)cc(=O)n2c1CCN(C(=O)COc1ccc(C)cc1)CC2. The van der Waals surface area contributed by atoms with Crippen molar-refractivity contribution in [3.63, 3.8) is 0 Å². The van der Waals surface area contributed by atoms with Crippen LogP contribution in [0.15, 0.2) is 35.1 Å². The molecule has 1 fully saturated rings. The fraction of sp³-hybridized carbons (Fsp3) is 0.462. The smallest absolute Gasteiger partial charge is 0.328 e. The van der Waals surface area contributed by atoms with Gasteiger partial charge in [-0.05, 0) is 31.9 Å². The number of methoxy groups -OCH3 is 2. The molecule has 10 heteroatoms. The third-order valence-electron chi connectivity index (χ3n) is 6.75. The Bertz CT molecular complexity index is 1210. The Balaban J connectivity index is 1.56. The van der Waals surface area contributed by atoms with Crippen molar-refractivity contribution in [3.8, 4) is 11.5 Å². The molecule has 36 heavy (non-hydrogen) atoms. The number of carbonyl (C=O) groups excluding carboxylic acids is 3. The summed E-state index contributed by atoms with van der Waals surface area (Å²) in [5, 5.41) is 0. The topological polar surface area (TPSA) is 107 Å². The maximum atomic E-state index is 13.7. The van der Waals surface area contributed by atoms with E-state index in [1.807, 2.05) is 31.2 Å². The summed E-state index contributed by atoms with van der Waals surface area (Å²) in [5.74, 6) is -0.294. The highest BCUT2D eigenvalue weighted by Gasteiger charge is 2.38. The maximum Gasteiger partial charge on any atom is 0.328 e. The van der Waals surface area contributed by atoms with Gasteiger partial charge in [-0.3, -0.25) is 14.4 Å². The molecule has 0 saturated carbocycles. The van der Waals surface area contributed by atoms with Crippen LogP contribution in [0.4, 0.5) is 0 Å². The third kappa shape index (κ3) is 5.07. The second-order valence-electron chi connectivity index (χ2n) is 8.94. The number of amides is 2. The van der Waals surface area contributed by atoms with Gasteiger partial charge in [0.15, 0.2) is 6.61 Å². The van der Waals surface area contributed by atoms with E-state index in [1.165, 1.54) is 29.8 Å². The largest absolute Gasteiger partial charge is 0.496 e. The zero-order valence-corrected chi connectivity index (χ0v) is 20.8. The Morgan fingerprint density at radius 3 is 2.47 bits per heavy atom. The lowest BCUT2D eigenvalue weighted by atomic mass is 10.1. The average Bonchev–Trinajstić information content (AvgIpc) is 3.27. The Kier molecular flexibility index (Phi) is 7.61. The molecule has 0 bridgehead atoms. The molecule has 2 aromatic rings. The fourth-order valence-corrected chi connectivity index (χ4v) is 4.80. The van der Waals surface area contributed by atoms with E-state index in [-0.39, 0.29) is 48.3 Å². The van der Waals surface area contributed by atoms with E-state index in [4.69, 9.17) is 14.2 Å². The highest BCUT2D eigenvalue weighted by molar-refractivity contribution is 6.00. The van der Waals surface area contributed by atoms with Crippen LogP contribution >= 0.6 is 0 Å². The van der Waals surface area contributed by atoms with Gasteiger partial charge in [-0.15, -0.1) is 0 Å². The maximum absolute atomic E-state index is 13.7. The summed E-state index contributed by atoms with van der Waals surface area (Å²) in [6.07, 6.45) is 1.46. The number of benzene rings is 1. The van der Waals surface area contributed by atoms with Gasteiger partial charge in [0, 0.05) is 44.4 Å². The number of ether oxygens (including phenoxy) is 3. The van der Waals surface area contributed by atoms with Gasteiger partial charge in [0.25, 0.3) is 17.4 Å². The zero-order valence-electron chi connectivity index (χ0n) is 20.8. The monoisotopic (exact) mass is 497 g/mol. The van der Waals surface area contributed by atoms with Crippen LogP contribution in [0.25, 0.3) is 0 Å². The van der Waals surface area contributed by atoms with Gasteiger partial charge >= 0.3 is 5.97 Å². The van der Waals surface area contributed by atoms with Gasteiger partial charge in [-0.25, -0.2) is 4.79 Å². The minimum atomic E-state index is -0.678. The second-order valence-corrected chi connectivity index (χ2v) is 8.94. The van der Waals surface area contributed by atoms with Crippen molar-refractivity contribution in [2.75, 3.05) is 40.5 Å².